The Balaban J connectivity index is 1.51. The summed E-state index contributed by atoms with van der Waals surface area (Å²) in [4.78, 5) is 12.5. The highest BCUT2D eigenvalue weighted by atomic mass is 16.5. The van der Waals surface area contributed by atoms with Gasteiger partial charge in [0.2, 0.25) is 0 Å². The van der Waals surface area contributed by atoms with Gasteiger partial charge in [0, 0.05) is 12.0 Å². The Morgan fingerprint density at radius 1 is 1.23 bits per heavy atom. The maximum Gasteiger partial charge on any atom is 0.269 e. The molecular formula is C20H19N3O3. The first kappa shape index (κ1) is 16.4. The molecule has 6 heteroatoms. The predicted molar refractivity (Wildman–Crippen MR) is 97.0 cm³/mol. The van der Waals surface area contributed by atoms with E-state index >= 15 is 0 Å². The molecule has 6 nitrogen and oxygen atoms in total. The van der Waals surface area contributed by atoms with Gasteiger partial charge in [0.25, 0.3) is 5.91 Å². The third-order valence-electron chi connectivity index (χ3n) is 4.50. The summed E-state index contributed by atoms with van der Waals surface area (Å²) in [5, 5.41) is 19.4. The van der Waals surface area contributed by atoms with Crippen LogP contribution < -0.4 is 10.1 Å². The number of amides is 1. The zero-order chi connectivity index (χ0) is 17.9. The molecule has 0 saturated heterocycles. The number of H-pyrrole nitrogens is 1. The Labute approximate surface area is 150 Å². The molecule has 1 aromatic heterocycles. The van der Waals surface area contributed by atoms with E-state index in [1.165, 1.54) is 0 Å². The molecule has 3 aromatic rings. The minimum Gasteiger partial charge on any atom is -0.493 e. The van der Waals surface area contributed by atoms with E-state index in [0.717, 1.165) is 28.9 Å². The van der Waals surface area contributed by atoms with Crippen LogP contribution in [-0.2, 0) is 6.42 Å². The number of ether oxygens (including phenoxy) is 1. The molecule has 1 amide bonds. The normalized spacial score (nSPS) is 13.7. The lowest BCUT2D eigenvalue weighted by molar-refractivity contribution is 0.0911. The minimum absolute atomic E-state index is 0.179. The molecule has 1 aliphatic rings. The Kier molecular flexibility index (Phi) is 4.41. The van der Waals surface area contributed by atoms with Crippen molar-refractivity contribution < 1.29 is 14.6 Å². The van der Waals surface area contributed by atoms with Crippen molar-refractivity contribution in [2.45, 2.75) is 12.5 Å². The third kappa shape index (κ3) is 3.19. The van der Waals surface area contributed by atoms with Gasteiger partial charge < -0.3 is 15.2 Å². The summed E-state index contributed by atoms with van der Waals surface area (Å²) in [6, 6.07) is 16.5. The lowest BCUT2D eigenvalue weighted by atomic mass is 10.1. The molecule has 1 unspecified atom stereocenters. The summed E-state index contributed by atoms with van der Waals surface area (Å²) in [6.45, 7) is 0.524. The van der Waals surface area contributed by atoms with Crippen molar-refractivity contribution in [1.29, 1.82) is 0 Å². The summed E-state index contributed by atoms with van der Waals surface area (Å²) < 4.78 is 5.51. The largest absolute Gasteiger partial charge is 0.493 e. The minimum atomic E-state index is -0.465. The number of carbonyl (C=O) groups is 1. The first-order valence-corrected chi connectivity index (χ1v) is 8.53. The van der Waals surface area contributed by atoms with Crippen LogP contribution in [0.15, 0.2) is 54.6 Å². The number of nitrogens with zero attached hydrogens (tertiary/aromatic N) is 1. The highest BCUT2D eigenvalue weighted by Crippen LogP contribution is 2.30. The molecule has 132 valence electrons. The molecule has 1 aliphatic heterocycles. The Bertz CT molecular complexity index is 921. The van der Waals surface area contributed by atoms with E-state index in [1.807, 2.05) is 48.5 Å². The van der Waals surface area contributed by atoms with Gasteiger partial charge in [-0.15, -0.1) is 0 Å². The highest BCUT2D eigenvalue weighted by Gasteiger charge is 2.18. The lowest BCUT2D eigenvalue weighted by Gasteiger charge is -2.15. The number of carbonyl (C=O) groups excluding carboxylic acids is 1. The zero-order valence-corrected chi connectivity index (χ0v) is 14.1. The maximum atomic E-state index is 12.5. The highest BCUT2D eigenvalue weighted by molar-refractivity contribution is 5.93. The van der Waals surface area contributed by atoms with Crippen LogP contribution in [0.1, 0.15) is 27.7 Å². The van der Waals surface area contributed by atoms with Crippen LogP contribution in [0.2, 0.25) is 0 Å². The molecule has 0 fully saturated rings. The summed E-state index contributed by atoms with van der Waals surface area (Å²) in [6.07, 6.45) is 0.885. The molecule has 3 N–H and O–H groups in total. The number of aliphatic hydroxyl groups excluding tert-OH is 1. The summed E-state index contributed by atoms with van der Waals surface area (Å²) in [7, 11) is 0. The molecule has 26 heavy (non-hydrogen) atoms. The first-order valence-electron chi connectivity index (χ1n) is 8.53. The monoisotopic (exact) mass is 349 g/mol. The SMILES string of the molecule is O=C(NC(CO)c1ccccc1)c1cc(-c2ccc3c(c2)CCO3)n[nH]1. The van der Waals surface area contributed by atoms with Crippen LogP contribution in [0.3, 0.4) is 0 Å². The van der Waals surface area contributed by atoms with E-state index < -0.39 is 6.04 Å². The molecular weight excluding hydrogens is 330 g/mol. The van der Waals surface area contributed by atoms with Crippen molar-refractivity contribution in [3.8, 4) is 17.0 Å². The van der Waals surface area contributed by atoms with Gasteiger partial charge in [-0.05, 0) is 35.4 Å². The van der Waals surface area contributed by atoms with Gasteiger partial charge in [0.05, 0.1) is 24.9 Å². The average Bonchev–Trinajstić information content (AvgIpc) is 3.35. The average molecular weight is 349 g/mol. The Hall–Kier alpha value is -3.12. The first-order chi connectivity index (χ1) is 12.7. The Morgan fingerprint density at radius 2 is 2.08 bits per heavy atom. The predicted octanol–water partition coefficient (Wildman–Crippen LogP) is 2.48. The third-order valence-corrected chi connectivity index (χ3v) is 4.50. The molecule has 4 rings (SSSR count). The van der Waals surface area contributed by atoms with Crippen LogP contribution >= 0.6 is 0 Å². The quantitative estimate of drug-likeness (QED) is 0.660. The fourth-order valence-electron chi connectivity index (χ4n) is 3.09. The number of aromatic nitrogens is 2. The van der Waals surface area contributed by atoms with Gasteiger partial charge in [-0.3, -0.25) is 9.89 Å². The van der Waals surface area contributed by atoms with Gasteiger partial charge in [0.15, 0.2) is 0 Å². The zero-order valence-electron chi connectivity index (χ0n) is 14.1. The summed E-state index contributed by atoms with van der Waals surface area (Å²) in [5.74, 6) is 0.604. The van der Waals surface area contributed by atoms with E-state index in [4.69, 9.17) is 4.74 Å². The van der Waals surface area contributed by atoms with Crippen LogP contribution in [0.5, 0.6) is 5.75 Å². The maximum absolute atomic E-state index is 12.5. The molecule has 2 heterocycles. The molecule has 2 aromatic carbocycles. The number of nitrogens with one attached hydrogen (secondary N) is 2. The van der Waals surface area contributed by atoms with E-state index in [-0.39, 0.29) is 12.5 Å². The van der Waals surface area contributed by atoms with E-state index in [0.29, 0.717) is 18.0 Å². The second-order valence-corrected chi connectivity index (χ2v) is 6.21. The van der Waals surface area contributed by atoms with Crippen molar-refractivity contribution >= 4 is 5.91 Å². The smallest absolute Gasteiger partial charge is 0.269 e. The van der Waals surface area contributed by atoms with Gasteiger partial charge in [-0.25, -0.2) is 0 Å². The van der Waals surface area contributed by atoms with Gasteiger partial charge in [-0.1, -0.05) is 30.3 Å². The van der Waals surface area contributed by atoms with Crippen molar-refractivity contribution in [1.82, 2.24) is 15.5 Å². The van der Waals surface area contributed by atoms with Crippen LogP contribution in [0, 0.1) is 0 Å². The molecule has 0 saturated carbocycles. The molecule has 0 bridgehead atoms. The number of rotatable bonds is 5. The van der Waals surface area contributed by atoms with Crippen LogP contribution in [0.25, 0.3) is 11.3 Å². The molecule has 1 atom stereocenters. The van der Waals surface area contributed by atoms with Gasteiger partial charge in [-0.2, -0.15) is 5.10 Å². The van der Waals surface area contributed by atoms with Crippen molar-refractivity contribution in [3.05, 3.63) is 71.4 Å². The standard InChI is InChI=1S/C20H19N3O3/c24-12-18(13-4-2-1-3-5-13)21-20(25)17-11-16(22-23-17)14-6-7-19-15(10-14)8-9-26-19/h1-7,10-11,18,24H,8-9,12H2,(H,21,25)(H,22,23). The lowest BCUT2D eigenvalue weighted by Crippen LogP contribution is -2.31. The summed E-state index contributed by atoms with van der Waals surface area (Å²) in [5.41, 5.74) is 3.99. The van der Waals surface area contributed by atoms with Gasteiger partial charge in [0.1, 0.15) is 11.4 Å². The Morgan fingerprint density at radius 3 is 2.88 bits per heavy atom. The van der Waals surface area contributed by atoms with E-state index in [9.17, 15) is 9.90 Å². The number of hydrogen-bond donors (Lipinski definition) is 3. The van der Waals surface area contributed by atoms with Crippen molar-refractivity contribution in [2.75, 3.05) is 13.2 Å². The topological polar surface area (TPSA) is 87.2 Å². The number of benzene rings is 2. The fourth-order valence-corrected chi connectivity index (χ4v) is 3.09. The van der Waals surface area contributed by atoms with E-state index in [1.54, 1.807) is 6.07 Å². The second kappa shape index (κ2) is 7.01. The molecule has 0 aliphatic carbocycles. The fraction of sp³-hybridized carbons (Fsp3) is 0.200. The van der Waals surface area contributed by atoms with Crippen molar-refractivity contribution in [2.24, 2.45) is 0 Å². The number of hydrogen-bond acceptors (Lipinski definition) is 4. The number of aliphatic hydroxyl groups is 1. The number of fused-ring (bicyclic) bond motifs is 1. The molecule has 0 radical (unpaired) electrons. The van der Waals surface area contributed by atoms with E-state index in [2.05, 4.69) is 15.5 Å². The van der Waals surface area contributed by atoms with Crippen LogP contribution in [-0.4, -0.2) is 34.4 Å². The van der Waals surface area contributed by atoms with Gasteiger partial charge >= 0.3 is 0 Å². The molecule has 0 spiro atoms. The number of aromatic amines is 1. The van der Waals surface area contributed by atoms with Crippen LogP contribution in [0.4, 0.5) is 0 Å². The van der Waals surface area contributed by atoms with Crippen molar-refractivity contribution in [3.63, 3.8) is 0 Å². The second-order valence-electron chi connectivity index (χ2n) is 6.21. The summed E-state index contributed by atoms with van der Waals surface area (Å²) >= 11 is 0.